The number of anilines is 2. The Bertz CT molecular complexity index is 413. The lowest BCUT2D eigenvalue weighted by molar-refractivity contribution is 0.198. The van der Waals surface area contributed by atoms with E-state index >= 15 is 0 Å². The first-order chi connectivity index (χ1) is 8.58. The lowest BCUT2D eigenvalue weighted by atomic mass is 10.3. The molecule has 1 aromatic rings. The predicted molar refractivity (Wildman–Crippen MR) is 66.2 cm³/mol. The number of nitrogens with zero attached hydrogens (tertiary/aromatic N) is 4. The van der Waals surface area contributed by atoms with E-state index in [9.17, 15) is 5.11 Å². The van der Waals surface area contributed by atoms with Crippen LogP contribution in [0.15, 0.2) is 0 Å². The molecule has 2 heterocycles. The van der Waals surface area contributed by atoms with Crippen LogP contribution in [0.1, 0.15) is 20.3 Å². The van der Waals surface area contributed by atoms with Crippen molar-refractivity contribution in [3.63, 3.8) is 0 Å². The highest BCUT2D eigenvalue weighted by atomic mass is 16.5. The van der Waals surface area contributed by atoms with Gasteiger partial charge in [-0.2, -0.15) is 15.0 Å². The van der Waals surface area contributed by atoms with Crippen LogP contribution < -0.4 is 20.9 Å². The van der Waals surface area contributed by atoms with E-state index in [2.05, 4.69) is 20.4 Å². The van der Waals surface area contributed by atoms with Gasteiger partial charge in [-0.05, 0) is 20.3 Å². The molecule has 1 saturated heterocycles. The summed E-state index contributed by atoms with van der Waals surface area (Å²) in [6, 6.07) is 0.226. The van der Waals surface area contributed by atoms with E-state index in [4.69, 9.17) is 10.6 Å². The topological polar surface area (TPSA) is 109 Å². The Kier molecular flexibility index (Phi) is 3.78. The highest BCUT2D eigenvalue weighted by Gasteiger charge is 2.23. The first kappa shape index (κ1) is 12.8. The zero-order chi connectivity index (χ0) is 13.1. The number of rotatable bonds is 4. The van der Waals surface area contributed by atoms with Crippen molar-refractivity contribution in [2.75, 3.05) is 23.4 Å². The van der Waals surface area contributed by atoms with Gasteiger partial charge in [-0.15, -0.1) is 0 Å². The lowest BCUT2D eigenvalue weighted by Crippen LogP contribution is -2.25. The van der Waals surface area contributed by atoms with E-state index in [1.54, 1.807) is 0 Å². The molecule has 0 radical (unpaired) electrons. The largest absolute Gasteiger partial charge is 0.461 e. The highest BCUT2D eigenvalue weighted by Crippen LogP contribution is 2.19. The smallest absolute Gasteiger partial charge is 0.323 e. The molecule has 0 amide bonds. The minimum Gasteiger partial charge on any atom is -0.461 e. The normalized spacial score (nSPS) is 19.4. The molecule has 1 unspecified atom stereocenters. The average Bonchev–Trinajstić information content (AvgIpc) is 2.74. The van der Waals surface area contributed by atoms with Crippen molar-refractivity contribution >= 4 is 11.9 Å². The third kappa shape index (κ3) is 2.96. The van der Waals surface area contributed by atoms with E-state index in [1.165, 1.54) is 0 Å². The molecule has 1 atom stereocenters. The summed E-state index contributed by atoms with van der Waals surface area (Å²) in [7, 11) is 0. The molecule has 0 saturated carbocycles. The van der Waals surface area contributed by atoms with Crippen molar-refractivity contribution in [1.82, 2.24) is 15.0 Å². The van der Waals surface area contributed by atoms with E-state index in [1.807, 2.05) is 18.7 Å². The standard InChI is InChI=1S/C10H18N6O2/c1-6(2)18-10-13-8(15-11)12-9(14-10)16-4-3-7(17)5-16/h6-7,17H,3-5,11H2,1-2H3,(H,12,13,14,15). The van der Waals surface area contributed by atoms with E-state index in [-0.39, 0.29) is 24.2 Å². The first-order valence-electron chi connectivity index (χ1n) is 5.91. The molecule has 0 spiro atoms. The SMILES string of the molecule is CC(C)Oc1nc(NN)nc(N2CCC(O)C2)n1. The molecule has 8 nitrogen and oxygen atoms in total. The van der Waals surface area contributed by atoms with E-state index < -0.39 is 0 Å². The second-order valence-electron chi connectivity index (χ2n) is 4.44. The first-order valence-corrected chi connectivity index (χ1v) is 5.91. The number of aromatic nitrogens is 3. The van der Waals surface area contributed by atoms with Crippen molar-refractivity contribution < 1.29 is 9.84 Å². The van der Waals surface area contributed by atoms with Crippen molar-refractivity contribution in [3.05, 3.63) is 0 Å². The molecule has 0 aliphatic carbocycles. The van der Waals surface area contributed by atoms with Gasteiger partial charge in [-0.1, -0.05) is 0 Å². The van der Waals surface area contributed by atoms with Gasteiger partial charge < -0.3 is 14.7 Å². The molecule has 8 heteroatoms. The van der Waals surface area contributed by atoms with Crippen molar-refractivity contribution in [2.45, 2.75) is 32.5 Å². The van der Waals surface area contributed by atoms with Crippen molar-refractivity contribution in [1.29, 1.82) is 0 Å². The fourth-order valence-electron chi connectivity index (χ4n) is 1.74. The van der Waals surface area contributed by atoms with Crippen molar-refractivity contribution in [2.24, 2.45) is 5.84 Å². The van der Waals surface area contributed by atoms with Gasteiger partial charge in [-0.3, -0.25) is 5.43 Å². The fourth-order valence-corrected chi connectivity index (χ4v) is 1.74. The van der Waals surface area contributed by atoms with Gasteiger partial charge >= 0.3 is 6.01 Å². The summed E-state index contributed by atoms with van der Waals surface area (Å²) in [4.78, 5) is 14.3. The molecule has 100 valence electrons. The summed E-state index contributed by atoms with van der Waals surface area (Å²) in [5, 5.41) is 9.52. The number of β-amino-alcohol motifs (C(OH)–C–C–N with tert-alkyl or cyclic N) is 1. The number of nitrogens with two attached hydrogens (primary N) is 1. The van der Waals surface area contributed by atoms with Crippen LogP contribution in [0.25, 0.3) is 0 Å². The molecule has 2 rings (SSSR count). The molecule has 1 fully saturated rings. The Morgan fingerprint density at radius 3 is 2.78 bits per heavy atom. The Hall–Kier alpha value is -1.67. The summed E-state index contributed by atoms with van der Waals surface area (Å²) in [5.74, 6) is 6.03. The monoisotopic (exact) mass is 254 g/mol. The zero-order valence-electron chi connectivity index (χ0n) is 10.5. The molecule has 1 aliphatic rings. The Morgan fingerprint density at radius 2 is 2.22 bits per heavy atom. The van der Waals surface area contributed by atoms with Crippen LogP contribution in [-0.2, 0) is 0 Å². The number of aliphatic hydroxyl groups is 1. The Balaban J connectivity index is 2.23. The number of nitrogens with one attached hydrogen (secondary N) is 1. The fraction of sp³-hybridized carbons (Fsp3) is 0.700. The number of ether oxygens (including phenoxy) is 1. The summed E-state index contributed by atoms with van der Waals surface area (Å²) in [6.07, 6.45) is 0.331. The van der Waals surface area contributed by atoms with Crippen LogP contribution in [0.2, 0.25) is 0 Å². The highest BCUT2D eigenvalue weighted by molar-refractivity contribution is 5.38. The number of hydrogen-bond acceptors (Lipinski definition) is 8. The second kappa shape index (κ2) is 5.32. The van der Waals surface area contributed by atoms with Gasteiger partial charge in [0.05, 0.1) is 12.2 Å². The summed E-state index contributed by atoms with van der Waals surface area (Å²) >= 11 is 0. The van der Waals surface area contributed by atoms with E-state index in [0.29, 0.717) is 25.5 Å². The van der Waals surface area contributed by atoms with Crippen molar-refractivity contribution in [3.8, 4) is 6.01 Å². The quantitative estimate of drug-likeness (QED) is 0.488. The van der Waals surface area contributed by atoms with Gasteiger partial charge in [0.2, 0.25) is 11.9 Å². The second-order valence-corrected chi connectivity index (χ2v) is 4.44. The summed E-state index contributed by atoms with van der Waals surface area (Å²) in [6.45, 7) is 4.99. The number of aliphatic hydroxyl groups excluding tert-OH is 1. The molecular formula is C10H18N6O2. The Morgan fingerprint density at radius 1 is 1.44 bits per heavy atom. The predicted octanol–water partition coefficient (Wildman–Crippen LogP) is -0.485. The van der Waals surface area contributed by atoms with Crippen LogP contribution in [0, 0.1) is 0 Å². The number of nitrogen functional groups attached to an aromatic ring is 1. The Labute approximate surface area is 105 Å². The van der Waals surface area contributed by atoms with Crippen LogP contribution in [0.5, 0.6) is 6.01 Å². The minimum absolute atomic E-state index is 0.0324. The maximum Gasteiger partial charge on any atom is 0.323 e. The molecule has 0 aromatic carbocycles. The molecule has 0 bridgehead atoms. The third-order valence-electron chi connectivity index (χ3n) is 2.52. The maximum absolute atomic E-state index is 9.52. The van der Waals surface area contributed by atoms with Crippen LogP contribution >= 0.6 is 0 Å². The molecule has 18 heavy (non-hydrogen) atoms. The van der Waals surface area contributed by atoms with Gasteiger partial charge in [0.1, 0.15) is 0 Å². The number of hydrogen-bond donors (Lipinski definition) is 3. The van der Waals surface area contributed by atoms with Gasteiger partial charge in [0.25, 0.3) is 0 Å². The zero-order valence-corrected chi connectivity index (χ0v) is 10.5. The average molecular weight is 254 g/mol. The van der Waals surface area contributed by atoms with Gasteiger partial charge in [0.15, 0.2) is 0 Å². The maximum atomic E-state index is 9.52. The van der Waals surface area contributed by atoms with Gasteiger partial charge in [-0.25, -0.2) is 5.84 Å². The van der Waals surface area contributed by atoms with E-state index in [0.717, 1.165) is 0 Å². The van der Waals surface area contributed by atoms with Crippen LogP contribution in [-0.4, -0.2) is 45.4 Å². The minimum atomic E-state index is -0.342. The number of hydrazine groups is 1. The van der Waals surface area contributed by atoms with Crippen LogP contribution in [0.4, 0.5) is 11.9 Å². The molecule has 4 N–H and O–H groups in total. The molecule has 1 aromatic heterocycles. The third-order valence-corrected chi connectivity index (χ3v) is 2.52. The van der Waals surface area contributed by atoms with Gasteiger partial charge in [0, 0.05) is 13.1 Å². The summed E-state index contributed by atoms with van der Waals surface area (Å²) < 4.78 is 5.44. The summed E-state index contributed by atoms with van der Waals surface area (Å²) in [5.41, 5.74) is 2.38. The lowest BCUT2D eigenvalue weighted by Gasteiger charge is -2.17. The molecule has 1 aliphatic heterocycles. The molecular weight excluding hydrogens is 236 g/mol. The van der Waals surface area contributed by atoms with Crippen LogP contribution in [0.3, 0.4) is 0 Å².